The van der Waals surface area contributed by atoms with Crippen LogP contribution in [0.1, 0.15) is 5.56 Å². The van der Waals surface area contributed by atoms with Crippen molar-refractivity contribution >= 4 is 29.3 Å². The molecule has 0 spiro atoms. The van der Waals surface area contributed by atoms with Crippen LogP contribution in [0, 0.1) is 17.1 Å². The number of amides is 2. The summed E-state index contributed by atoms with van der Waals surface area (Å²) >= 11 is 1.12. The lowest BCUT2D eigenvalue weighted by Gasteiger charge is -2.18. The summed E-state index contributed by atoms with van der Waals surface area (Å²) in [5, 5.41) is 8.97. The highest BCUT2D eigenvalue weighted by molar-refractivity contribution is 8.05. The topological polar surface area (TPSA) is 87.2 Å². The van der Waals surface area contributed by atoms with Gasteiger partial charge in [-0.25, -0.2) is 4.39 Å². The van der Waals surface area contributed by atoms with Crippen LogP contribution < -0.4 is 10.6 Å². The summed E-state index contributed by atoms with van der Waals surface area (Å²) in [6.45, 7) is 0. The van der Waals surface area contributed by atoms with E-state index in [1.165, 1.54) is 29.2 Å². The highest BCUT2D eigenvalue weighted by Gasteiger charge is 2.40. The van der Waals surface area contributed by atoms with Crippen LogP contribution in [0.4, 0.5) is 10.1 Å². The molecule has 2 amide bonds. The number of hydrogen-bond acceptors (Lipinski definition) is 4. The molecule has 2 N–H and O–H groups in total. The summed E-state index contributed by atoms with van der Waals surface area (Å²) in [6, 6.07) is 16.5. The van der Waals surface area contributed by atoms with Crippen LogP contribution in [0.5, 0.6) is 0 Å². The molecule has 1 saturated heterocycles. The third-order valence-corrected chi connectivity index (χ3v) is 5.14. The van der Waals surface area contributed by atoms with E-state index in [9.17, 15) is 19.2 Å². The molecule has 3 rings (SSSR count). The summed E-state index contributed by atoms with van der Waals surface area (Å²) in [5.74, 6) is -1.64. The molecule has 2 aromatic rings. The number of nitriles is 1. The standard InChI is InChI=1S/C19H14FN3O2S/c20-13-6-8-14(9-7-13)23-18(25)16(10-12-4-2-1-3-5-12)26-19(23)15(11-21)17(22)24/h1-9,16H,10H2,(H2,22,24)/b19-15-/t16-/m0/s1. The van der Waals surface area contributed by atoms with Crippen molar-refractivity contribution in [2.75, 3.05) is 4.90 Å². The molecule has 5 nitrogen and oxygen atoms in total. The minimum Gasteiger partial charge on any atom is -0.365 e. The lowest BCUT2D eigenvalue weighted by atomic mass is 10.1. The number of nitrogens with zero attached hydrogens (tertiary/aromatic N) is 2. The van der Waals surface area contributed by atoms with E-state index in [-0.39, 0.29) is 16.5 Å². The van der Waals surface area contributed by atoms with Gasteiger partial charge in [0.05, 0.1) is 5.25 Å². The number of carbonyl (C=O) groups excluding carboxylic acids is 2. The average molecular weight is 367 g/mol. The van der Waals surface area contributed by atoms with Gasteiger partial charge in [0.1, 0.15) is 22.5 Å². The van der Waals surface area contributed by atoms with E-state index in [2.05, 4.69) is 0 Å². The van der Waals surface area contributed by atoms with Gasteiger partial charge in [0.15, 0.2) is 0 Å². The Bertz CT molecular complexity index is 920. The Balaban J connectivity index is 2.03. The van der Waals surface area contributed by atoms with Crippen LogP contribution in [0.15, 0.2) is 65.2 Å². The molecule has 1 aliphatic rings. The SMILES string of the molecule is N#C/C(C(N)=O)=C1/S[C@@H](Cc2ccccc2)C(=O)N1c1ccc(F)cc1. The fourth-order valence-corrected chi connectivity index (χ4v) is 3.97. The Labute approximate surface area is 153 Å². The Morgan fingerprint density at radius 2 is 1.85 bits per heavy atom. The molecule has 0 aromatic heterocycles. The number of rotatable bonds is 4. The van der Waals surface area contributed by atoms with Gasteiger partial charge in [-0.15, -0.1) is 0 Å². The second kappa shape index (κ2) is 7.42. The molecule has 0 aliphatic carbocycles. The zero-order chi connectivity index (χ0) is 18.7. The predicted octanol–water partition coefficient (Wildman–Crippen LogP) is 2.74. The van der Waals surface area contributed by atoms with Crippen LogP contribution in [0.3, 0.4) is 0 Å². The molecule has 2 aromatic carbocycles. The fraction of sp³-hybridized carbons (Fsp3) is 0.105. The van der Waals surface area contributed by atoms with Gasteiger partial charge >= 0.3 is 0 Å². The Kier molecular flexibility index (Phi) is 5.05. The quantitative estimate of drug-likeness (QED) is 0.665. The molecule has 1 heterocycles. The zero-order valence-electron chi connectivity index (χ0n) is 13.6. The molecule has 7 heteroatoms. The highest BCUT2D eigenvalue weighted by Crippen LogP contribution is 2.41. The maximum atomic E-state index is 13.2. The van der Waals surface area contributed by atoms with Gasteiger partial charge in [0.2, 0.25) is 5.91 Å². The molecule has 130 valence electrons. The van der Waals surface area contributed by atoms with Crippen LogP contribution in [-0.4, -0.2) is 17.1 Å². The molecule has 0 unspecified atom stereocenters. The molecule has 0 saturated carbocycles. The van der Waals surface area contributed by atoms with Crippen molar-refractivity contribution in [2.45, 2.75) is 11.7 Å². The number of nitrogens with two attached hydrogens (primary N) is 1. The molecule has 0 radical (unpaired) electrons. The van der Waals surface area contributed by atoms with Gasteiger partial charge in [0, 0.05) is 5.69 Å². The van der Waals surface area contributed by atoms with Crippen LogP contribution >= 0.6 is 11.8 Å². The van der Waals surface area contributed by atoms with Crippen LogP contribution in [0.2, 0.25) is 0 Å². The van der Waals surface area contributed by atoms with Gasteiger partial charge in [-0.2, -0.15) is 5.26 Å². The molecular formula is C19H14FN3O2S. The second-order valence-corrected chi connectivity index (χ2v) is 6.79. The van der Waals surface area contributed by atoms with Crippen molar-refractivity contribution in [1.82, 2.24) is 0 Å². The summed E-state index contributed by atoms with van der Waals surface area (Å²) in [6.07, 6.45) is 0.434. The van der Waals surface area contributed by atoms with E-state index in [0.717, 1.165) is 17.3 Å². The third-order valence-electron chi connectivity index (χ3n) is 3.87. The first kappa shape index (κ1) is 17.7. The maximum Gasteiger partial charge on any atom is 0.262 e. The number of thioether (sulfide) groups is 1. The van der Waals surface area contributed by atoms with Gasteiger partial charge in [-0.05, 0) is 36.2 Å². The molecule has 1 aliphatic heterocycles. The largest absolute Gasteiger partial charge is 0.365 e. The van der Waals surface area contributed by atoms with Crippen molar-refractivity contribution in [3.05, 3.63) is 76.6 Å². The smallest absolute Gasteiger partial charge is 0.262 e. The first-order chi connectivity index (χ1) is 12.5. The fourth-order valence-electron chi connectivity index (χ4n) is 2.65. The predicted molar refractivity (Wildman–Crippen MR) is 97.2 cm³/mol. The number of primary amides is 1. The van der Waals surface area contributed by atoms with Crippen molar-refractivity contribution in [1.29, 1.82) is 5.26 Å². The van der Waals surface area contributed by atoms with Crippen molar-refractivity contribution < 1.29 is 14.0 Å². The normalized spacial score (nSPS) is 18.5. The van der Waals surface area contributed by atoms with E-state index in [4.69, 9.17) is 5.73 Å². The van der Waals surface area contributed by atoms with E-state index < -0.39 is 17.0 Å². The summed E-state index contributed by atoms with van der Waals surface area (Å²) in [7, 11) is 0. The molecule has 26 heavy (non-hydrogen) atoms. The Morgan fingerprint density at radius 1 is 1.19 bits per heavy atom. The summed E-state index contributed by atoms with van der Waals surface area (Å²) in [5.41, 5.74) is 6.35. The zero-order valence-corrected chi connectivity index (χ0v) is 14.4. The number of halogens is 1. The number of carbonyl (C=O) groups is 2. The monoisotopic (exact) mass is 367 g/mol. The van der Waals surface area contributed by atoms with E-state index in [1.807, 2.05) is 30.3 Å². The lowest BCUT2D eigenvalue weighted by Crippen LogP contribution is -2.31. The van der Waals surface area contributed by atoms with E-state index in [1.54, 1.807) is 6.07 Å². The van der Waals surface area contributed by atoms with Crippen LogP contribution in [0.25, 0.3) is 0 Å². The van der Waals surface area contributed by atoms with Crippen molar-refractivity contribution in [3.8, 4) is 6.07 Å². The summed E-state index contributed by atoms with van der Waals surface area (Å²) in [4.78, 5) is 25.9. The Morgan fingerprint density at radius 3 is 2.42 bits per heavy atom. The minimum atomic E-state index is -0.907. The van der Waals surface area contributed by atoms with Gasteiger partial charge in [-0.3, -0.25) is 14.5 Å². The number of hydrogen-bond donors (Lipinski definition) is 1. The van der Waals surface area contributed by atoms with Gasteiger partial charge < -0.3 is 5.73 Å². The average Bonchev–Trinajstić information content (AvgIpc) is 2.93. The van der Waals surface area contributed by atoms with Gasteiger partial charge in [-0.1, -0.05) is 42.1 Å². The molecule has 0 bridgehead atoms. The first-order valence-corrected chi connectivity index (χ1v) is 8.63. The van der Waals surface area contributed by atoms with Crippen molar-refractivity contribution in [2.24, 2.45) is 5.73 Å². The van der Waals surface area contributed by atoms with Crippen LogP contribution in [-0.2, 0) is 16.0 Å². The highest BCUT2D eigenvalue weighted by atomic mass is 32.2. The Hall–Kier alpha value is -3.11. The number of anilines is 1. The second-order valence-electron chi connectivity index (χ2n) is 5.60. The molecular weight excluding hydrogens is 353 g/mol. The van der Waals surface area contributed by atoms with Crippen molar-refractivity contribution in [3.63, 3.8) is 0 Å². The number of benzene rings is 2. The summed E-state index contributed by atoms with van der Waals surface area (Å²) < 4.78 is 13.2. The first-order valence-electron chi connectivity index (χ1n) is 7.75. The maximum absolute atomic E-state index is 13.2. The molecule has 1 atom stereocenters. The third kappa shape index (κ3) is 3.46. The lowest BCUT2D eigenvalue weighted by molar-refractivity contribution is -0.117. The minimum absolute atomic E-state index is 0.178. The van der Waals surface area contributed by atoms with E-state index in [0.29, 0.717) is 12.1 Å². The van der Waals surface area contributed by atoms with E-state index >= 15 is 0 Å². The van der Waals surface area contributed by atoms with Gasteiger partial charge in [0.25, 0.3) is 5.91 Å². The molecule has 1 fully saturated rings.